The standard InChI is InChI=1S/C19H24N4O5/c1-4-28-19(25)17-11-13(2)22(14(17)3)12-18(24)21-10-9-20-15-5-7-16(8-6-15)23(26)27/h5-8,11,20H,4,9-10,12H2,1-3H3,(H,21,24). The summed E-state index contributed by atoms with van der Waals surface area (Å²) in [6.45, 7) is 6.62. The molecule has 0 unspecified atom stereocenters. The summed E-state index contributed by atoms with van der Waals surface area (Å²) in [5, 5.41) is 16.5. The molecule has 2 rings (SSSR count). The van der Waals surface area contributed by atoms with Crippen LogP contribution < -0.4 is 10.6 Å². The molecule has 9 nitrogen and oxygen atoms in total. The van der Waals surface area contributed by atoms with E-state index in [4.69, 9.17) is 4.74 Å². The third-order valence-corrected chi connectivity index (χ3v) is 4.23. The number of carbonyl (C=O) groups is 2. The number of hydrogen-bond acceptors (Lipinski definition) is 6. The zero-order valence-electron chi connectivity index (χ0n) is 16.2. The molecule has 2 aromatic rings. The van der Waals surface area contributed by atoms with Crippen molar-refractivity contribution in [1.29, 1.82) is 0 Å². The Kier molecular flexibility index (Phi) is 7.14. The Hall–Kier alpha value is -3.36. The number of ether oxygens (including phenoxy) is 1. The van der Waals surface area contributed by atoms with Crippen molar-refractivity contribution in [2.75, 3.05) is 25.0 Å². The van der Waals surface area contributed by atoms with Crippen LogP contribution in [0.5, 0.6) is 0 Å². The van der Waals surface area contributed by atoms with Crippen LogP contribution in [0.3, 0.4) is 0 Å². The predicted molar refractivity (Wildman–Crippen MR) is 104 cm³/mol. The van der Waals surface area contributed by atoms with Crippen molar-refractivity contribution in [1.82, 2.24) is 9.88 Å². The average molecular weight is 388 g/mol. The maximum Gasteiger partial charge on any atom is 0.339 e. The zero-order chi connectivity index (χ0) is 20.7. The third-order valence-electron chi connectivity index (χ3n) is 4.23. The lowest BCUT2D eigenvalue weighted by atomic mass is 10.2. The van der Waals surface area contributed by atoms with Crippen molar-refractivity contribution in [3.05, 3.63) is 57.4 Å². The first-order valence-electron chi connectivity index (χ1n) is 8.92. The van der Waals surface area contributed by atoms with Crippen LogP contribution in [0.15, 0.2) is 30.3 Å². The van der Waals surface area contributed by atoms with E-state index < -0.39 is 10.9 Å². The molecule has 1 aromatic carbocycles. The van der Waals surface area contributed by atoms with Gasteiger partial charge in [0.1, 0.15) is 6.54 Å². The molecule has 0 aliphatic rings. The number of benzene rings is 1. The fourth-order valence-electron chi connectivity index (χ4n) is 2.77. The Morgan fingerprint density at radius 3 is 2.46 bits per heavy atom. The Balaban J connectivity index is 1.83. The van der Waals surface area contributed by atoms with Gasteiger partial charge in [0.25, 0.3) is 5.69 Å². The molecular weight excluding hydrogens is 364 g/mol. The second kappa shape index (κ2) is 9.54. The highest BCUT2D eigenvalue weighted by Gasteiger charge is 2.17. The van der Waals surface area contributed by atoms with Gasteiger partial charge in [0.2, 0.25) is 5.91 Å². The number of aryl methyl sites for hydroxylation is 1. The number of nitro groups is 1. The van der Waals surface area contributed by atoms with E-state index in [1.807, 2.05) is 6.92 Å². The average Bonchev–Trinajstić information content (AvgIpc) is 2.94. The van der Waals surface area contributed by atoms with Crippen LogP contribution in [0.1, 0.15) is 28.7 Å². The van der Waals surface area contributed by atoms with Crippen LogP contribution in [-0.4, -0.2) is 41.1 Å². The number of rotatable bonds is 9. The van der Waals surface area contributed by atoms with Crippen molar-refractivity contribution in [3.63, 3.8) is 0 Å². The van der Waals surface area contributed by atoms with E-state index in [9.17, 15) is 19.7 Å². The number of hydrogen-bond donors (Lipinski definition) is 2. The van der Waals surface area contributed by atoms with Gasteiger partial charge in [-0.2, -0.15) is 0 Å². The number of nitro benzene ring substituents is 1. The van der Waals surface area contributed by atoms with Gasteiger partial charge in [-0.15, -0.1) is 0 Å². The van der Waals surface area contributed by atoms with Crippen LogP contribution in [-0.2, 0) is 16.1 Å². The fourth-order valence-corrected chi connectivity index (χ4v) is 2.77. The Bertz CT molecular complexity index is 858. The topological polar surface area (TPSA) is 116 Å². The number of nitrogens with zero attached hydrogens (tertiary/aromatic N) is 2. The van der Waals surface area contributed by atoms with Gasteiger partial charge in [-0.3, -0.25) is 14.9 Å². The van der Waals surface area contributed by atoms with Crippen molar-refractivity contribution in [3.8, 4) is 0 Å². The van der Waals surface area contributed by atoms with Gasteiger partial charge in [-0.1, -0.05) is 0 Å². The van der Waals surface area contributed by atoms with E-state index in [0.717, 1.165) is 11.4 Å². The molecule has 1 amide bonds. The number of aromatic nitrogens is 1. The van der Waals surface area contributed by atoms with Gasteiger partial charge in [0.15, 0.2) is 0 Å². The predicted octanol–water partition coefficient (Wildman–Crippen LogP) is 2.42. The summed E-state index contributed by atoms with van der Waals surface area (Å²) in [5.41, 5.74) is 2.72. The summed E-state index contributed by atoms with van der Waals surface area (Å²) in [6.07, 6.45) is 0. The molecule has 150 valence electrons. The van der Waals surface area contributed by atoms with E-state index in [-0.39, 0.29) is 18.1 Å². The molecule has 0 saturated heterocycles. The number of nitrogens with one attached hydrogen (secondary N) is 2. The number of anilines is 1. The first-order chi connectivity index (χ1) is 13.3. The summed E-state index contributed by atoms with van der Waals surface area (Å²) in [5.74, 6) is -0.572. The summed E-state index contributed by atoms with van der Waals surface area (Å²) < 4.78 is 6.79. The van der Waals surface area contributed by atoms with Gasteiger partial charge < -0.3 is 19.9 Å². The summed E-state index contributed by atoms with van der Waals surface area (Å²) in [6, 6.07) is 7.78. The molecule has 9 heteroatoms. The minimum Gasteiger partial charge on any atom is -0.462 e. The van der Waals surface area contributed by atoms with Crippen LogP contribution in [0, 0.1) is 24.0 Å². The van der Waals surface area contributed by atoms with E-state index in [1.165, 1.54) is 12.1 Å². The Morgan fingerprint density at radius 2 is 1.86 bits per heavy atom. The minimum atomic E-state index is -0.456. The second-order valence-corrected chi connectivity index (χ2v) is 6.17. The van der Waals surface area contributed by atoms with Crippen molar-refractivity contribution < 1.29 is 19.2 Å². The highest BCUT2D eigenvalue weighted by atomic mass is 16.6. The molecule has 0 saturated carbocycles. The molecule has 0 radical (unpaired) electrons. The highest BCUT2D eigenvalue weighted by molar-refractivity contribution is 5.91. The van der Waals surface area contributed by atoms with Gasteiger partial charge in [0.05, 0.1) is 17.1 Å². The van der Waals surface area contributed by atoms with Gasteiger partial charge >= 0.3 is 5.97 Å². The molecule has 0 aliphatic carbocycles. The number of non-ortho nitro benzene ring substituents is 1. The lowest BCUT2D eigenvalue weighted by molar-refractivity contribution is -0.384. The van der Waals surface area contributed by atoms with Crippen molar-refractivity contribution in [2.45, 2.75) is 27.3 Å². The Labute approximate surface area is 162 Å². The number of amides is 1. The van der Waals surface area contributed by atoms with Crippen molar-refractivity contribution in [2.24, 2.45) is 0 Å². The quantitative estimate of drug-likeness (QED) is 0.295. The van der Waals surface area contributed by atoms with Crippen LogP contribution in [0.4, 0.5) is 11.4 Å². The van der Waals surface area contributed by atoms with Crippen LogP contribution in [0.25, 0.3) is 0 Å². The van der Waals surface area contributed by atoms with Crippen LogP contribution >= 0.6 is 0 Å². The minimum absolute atomic E-state index is 0.0264. The van der Waals surface area contributed by atoms with Crippen LogP contribution in [0.2, 0.25) is 0 Å². The first-order valence-corrected chi connectivity index (χ1v) is 8.92. The molecule has 0 atom stereocenters. The van der Waals surface area contributed by atoms with E-state index >= 15 is 0 Å². The molecule has 2 N–H and O–H groups in total. The van der Waals surface area contributed by atoms with Gasteiger partial charge in [-0.05, 0) is 39.0 Å². The summed E-state index contributed by atoms with van der Waals surface area (Å²) in [4.78, 5) is 34.3. The fraction of sp³-hybridized carbons (Fsp3) is 0.368. The highest BCUT2D eigenvalue weighted by Crippen LogP contribution is 2.16. The van der Waals surface area contributed by atoms with Crippen molar-refractivity contribution >= 4 is 23.3 Å². The largest absolute Gasteiger partial charge is 0.462 e. The Morgan fingerprint density at radius 1 is 1.18 bits per heavy atom. The first kappa shape index (κ1) is 20.9. The molecular formula is C19H24N4O5. The molecule has 28 heavy (non-hydrogen) atoms. The normalized spacial score (nSPS) is 10.4. The monoisotopic (exact) mass is 388 g/mol. The van der Waals surface area contributed by atoms with E-state index in [2.05, 4.69) is 10.6 Å². The van der Waals surface area contributed by atoms with Gasteiger partial charge in [-0.25, -0.2) is 4.79 Å². The summed E-state index contributed by atoms with van der Waals surface area (Å²) >= 11 is 0. The summed E-state index contributed by atoms with van der Waals surface area (Å²) in [7, 11) is 0. The van der Waals surface area contributed by atoms with E-state index in [0.29, 0.717) is 31.0 Å². The number of esters is 1. The van der Waals surface area contributed by atoms with Gasteiger partial charge in [0, 0.05) is 42.3 Å². The molecule has 0 bridgehead atoms. The molecule has 0 aliphatic heterocycles. The lowest BCUT2D eigenvalue weighted by Crippen LogP contribution is -2.32. The lowest BCUT2D eigenvalue weighted by Gasteiger charge is -2.11. The third kappa shape index (κ3) is 5.32. The maximum atomic E-state index is 12.2. The van der Waals surface area contributed by atoms with E-state index in [1.54, 1.807) is 36.6 Å². The number of carbonyl (C=O) groups excluding carboxylic acids is 2. The second-order valence-electron chi connectivity index (χ2n) is 6.17. The molecule has 0 fully saturated rings. The molecule has 1 aromatic heterocycles. The molecule has 1 heterocycles. The smallest absolute Gasteiger partial charge is 0.339 e. The SMILES string of the molecule is CCOC(=O)c1cc(C)n(CC(=O)NCCNc2ccc([N+](=O)[O-])cc2)c1C. The maximum absolute atomic E-state index is 12.2. The molecule has 0 spiro atoms. The zero-order valence-corrected chi connectivity index (χ0v) is 16.2.